The molecule has 4 aromatic rings. The Balaban J connectivity index is 1.19. The van der Waals surface area contributed by atoms with Gasteiger partial charge in [-0.1, -0.05) is 175 Å². The Morgan fingerprint density at radius 3 is 1.72 bits per heavy atom. The number of benzene rings is 4. The molecule has 1 atom stereocenters. The van der Waals surface area contributed by atoms with Crippen molar-refractivity contribution in [3.05, 3.63) is 220 Å². The van der Waals surface area contributed by atoms with Crippen molar-refractivity contribution in [2.45, 2.75) is 24.5 Å². The highest BCUT2D eigenvalue weighted by molar-refractivity contribution is 8.16. The van der Waals surface area contributed by atoms with Crippen LogP contribution in [0.15, 0.2) is 197 Å². The van der Waals surface area contributed by atoms with Crippen LogP contribution in [0.5, 0.6) is 0 Å². The van der Waals surface area contributed by atoms with E-state index in [1.165, 1.54) is 59.3 Å². The van der Waals surface area contributed by atoms with Crippen molar-refractivity contribution in [2.75, 3.05) is 0 Å². The second-order valence-electron chi connectivity index (χ2n) is 11.7. The molecule has 0 nitrogen and oxygen atoms in total. The third-order valence-corrected chi connectivity index (χ3v) is 11.3. The van der Waals surface area contributed by atoms with Crippen molar-refractivity contribution in [1.82, 2.24) is 0 Å². The Morgan fingerprint density at radius 1 is 0.574 bits per heavy atom. The Kier molecular flexibility index (Phi) is 10.1. The Hall–Kier alpha value is -4.21. The quantitative estimate of drug-likeness (QED) is 0.193. The number of allylic oxidation sites excluding steroid dienone is 12. The minimum Gasteiger partial charge on any atom is -0.113 e. The largest absolute Gasteiger partial charge is 0.113 e. The fourth-order valence-electron chi connectivity index (χ4n) is 5.95. The zero-order valence-electron chi connectivity index (χ0n) is 26.1. The molecule has 0 N–H and O–H groups in total. The highest BCUT2D eigenvalue weighted by atomic mass is 35.5. The van der Waals surface area contributed by atoms with E-state index in [4.69, 9.17) is 11.6 Å². The van der Waals surface area contributed by atoms with Crippen LogP contribution in [0, 0.1) is 0 Å². The third-order valence-electron chi connectivity index (χ3n) is 8.42. The van der Waals surface area contributed by atoms with Gasteiger partial charge in [0.1, 0.15) is 0 Å². The van der Waals surface area contributed by atoms with Crippen molar-refractivity contribution in [2.24, 2.45) is 0 Å². The molecule has 1 aliphatic carbocycles. The molecule has 3 heteroatoms. The first-order chi connectivity index (χ1) is 23.2. The normalized spacial score (nSPS) is 19.3. The summed E-state index contributed by atoms with van der Waals surface area (Å²) in [5.41, 5.74) is 9.81. The van der Waals surface area contributed by atoms with Crippen LogP contribution in [0.3, 0.4) is 0 Å². The first-order valence-electron chi connectivity index (χ1n) is 16.1. The van der Waals surface area contributed by atoms with E-state index >= 15 is 0 Å². The number of hydrogen-bond donors (Lipinski definition) is 0. The molecule has 0 aromatic heterocycles. The smallest absolute Gasteiger partial charge is 0.0533 e. The lowest BCUT2D eigenvalue weighted by atomic mass is 9.93. The summed E-state index contributed by atoms with van der Waals surface area (Å²) >= 11 is 10.9. The SMILES string of the molecule is ClC1=C(C=CC2=CC(c3ccccc3)SC(c3ccccc3)=C2)CCCC1=CC=C1C=C(c2ccccc2)SC(c2ccccc2)=C1. The van der Waals surface area contributed by atoms with Gasteiger partial charge in [0.2, 0.25) is 0 Å². The lowest BCUT2D eigenvalue weighted by Crippen LogP contribution is -1.99. The molecule has 0 fully saturated rings. The maximum Gasteiger partial charge on any atom is 0.0533 e. The molecule has 0 saturated heterocycles. The second-order valence-corrected chi connectivity index (χ2v) is 14.4. The summed E-state index contributed by atoms with van der Waals surface area (Å²) in [6.07, 6.45) is 21.3. The van der Waals surface area contributed by atoms with Gasteiger partial charge in [-0.2, -0.15) is 0 Å². The highest BCUT2D eigenvalue weighted by Crippen LogP contribution is 2.46. The van der Waals surface area contributed by atoms with Crippen molar-refractivity contribution >= 4 is 49.8 Å². The summed E-state index contributed by atoms with van der Waals surface area (Å²) in [6.45, 7) is 0. The van der Waals surface area contributed by atoms with Crippen LogP contribution < -0.4 is 0 Å². The second kappa shape index (κ2) is 15.1. The van der Waals surface area contributed by atoms with Crippen LogP contribution in [0.25, 0.3) is 14.7 Å². The molecule has 0 spiro atoms. The molecule has 4 aromatic carbocycles. The van der Waals surface area contributed by atoms with Crippen molar-refractivity contribution in [3.8, 4) is 0 Å². The van der Waals surface area contributed by atoms with E-state index in [1.807, 2.05) is 23.5 Å². The van der Waals surface area contributed by atoms with Gasteiger partial charge in [-0.25, -0.2) is 0 Å². The zero-order valence-corrected chi connectivity index (χ0v) is 28.4. The predicted molar refractivity (Wildman–Crippen MR) is 208 cm³/mol. The highest BCUT2D eigenvalue weighted by Gasteiger charge is 2.19. The number of thioether (sulfide) groups is 2. The molecule has 47 heavy (non-hydrogen) atoms. The minimum atomic E-state index is 0.255. The van der Waals surface area contributed by atoms with Gasteiger partial charge in [-0.05, 0) is 82.0 Å². The summed E-state index contributed by atoms with van der Waals surface area (Å²) in [7, 11) is 0. The Labute approximate surface area is 292 Å². The first-order valence-corrected chi connectivity index (χ1v) is 18.2. The van der Waals surface area contributed by atoms with Crippen LogP contribution in [-0.4, -0.2) is 0 Å². The van der Waals surface area contributed by atoms with Crippen molar-refractivity contribution < 1.29 is 0 Å². The molecule has 0 radical (unpaired) electrons. The average molecular weight is 663 g/mol. The van der Waals surface area contributed by atoms with Crippen LogP contribution >= 0.6 is 35.1 Å². The molecule has 0 bridgehead atoms. The van der Waals surface area contributed by atoms with E-state index in [9.17, 15) is 0 Å². The van der Waals surface area contributed by atoms with Crippen LogP contribution in [0.1, 0.15) is 46.8 Å². The molecule has 230 valence electrons. The zero-order chi connectivity index (χ0) is 31.8. The van der Waals surface area contributed by atoms with E-state index in [2.05, 4.69) is 170 Å². The van der Waals surface area contributed by atoms with E-state index in [-0.39, 0.29) is 5.25 Å². The number of halogens is 1. The summed E-state index contributed by atoms with van der Waals surface area (Å²) in [5.74, 6) is 0. The molecular weight excluding hydrogens is 628 g/mol. The summed E-state index contributed by atoms with van der Waals surface area (Å²) in [6, 6.07) is 42.7. The predicted octanol–water partition coefficient (Wildman–Crippen LogP) is 13.4. The lowest BCUT2D eigenvalue weighted by Gasteiger charge is -2.21. The van der Waals surface area contributed by atoms with E-state index in [0.29, 0.717) is 0 Å². The maximum atomic E-state index is 7.14. The molecular formula is C44H35ClS2. The van der Waals surface area contributed by atoms with Gasteiger partial charge >= 0.3 is 0 Å². The summed E-state index contributed by atoms with van der Waals surface area (Å²) < 4.78 is 0. The monoisotopic (exact) mass is 662 g/mol. The number of hydrogen-bond acceptors (Lipinski definition) is 2. The van der Waals surface area contributed by atoms with Gasteiger partial charge in [0.05, 0.1) is 5.25 Å². The average Bonchev–Trinajstić information content (AvgIpc) is 3.15. The fourth-order valence-corrected chi connectivity index (χ4v) is 8.67. The molecule has 0 amide bonds. The topological polar surface area (TPSA) is 0 Å². The lowest BCUT2D eigenvalue weighted by molar-refractivity contribution is 0.792. The van der Waals surface area contributed by atoms with Crippen LogP contribution in [-0.2, 0) is 0 Å². The van der Waals surface area contributed by atoms with Gasteiger partial charge < -0.3 is 0 Å². The minimum absolute atomic E-state index is 0.255. The molecule has 0 saturated carbocycles. The van der Waals surface area contributed by atoms with Crippen LogP contribution in [0.2, 0.25) is 0 Å². The van der Waals surface area contributed by atoms with E-state index < -0.39 is 0 Å². The van der Waals surface area contributed by atoms with Crippen LogP contribution in [0.4, 0.5) is 0 Å². The van der Waals surface area contributed by atoms with Crippen molar-refractivity contribution in [3.63, 3.8) is 0 Å². The standard InChI is InChI=1S/C44H35ClS2/c45-44-38(26-24-32-28-40(34-14-5-1-6-15-34)46-41(29-32)35-16-7-2-8-17-35)22-13-23-39(44)27-25-33-30-42(36-18-9-3-10-19-36)47-43(31-33)37-20-11-4-12-21-37/h1-12,14-21,24-31,40H,13,22-23H2. The van der Waals surface area contributed by atoms with Gasteiger partial charge in [-0.15, -0.1) is 11.8 Å². The molecule has 2 aliphatic heterocycles. The van der Waals surface area contributed by atoms with Gasteiger partial charge in [0.15, 0.2) is 0 Å². The van der Waals surface area contributed by atoms with E-state index in [1.54, 1.807) is 0 Å². The first kappa shape index (κ1) is 31.4. The molecule has 2 heterocycles. The van der Waals surface area contributed by atoms with Gasteiger partial charge in [0.25, 0.3) is 0 Å². The Morgan fingerprint density at radius 2 is 1.13 bits per heavy atom. The molecule has 1 unspecified atom stereocenters. The number of rotatable bonds is 7. The van der Waals surface area contributed by atoms with Gasteiger partial charge in [0, 0.05) is 19.7 Å². The van der Waals surface area contributed by atoms with E-state index in [0.717, 1.165) is 24.3 Å². The maximum absolute atomic E-state index is 7.14. The fraction of sp³-hybridized carbons (Fsp3) is 0.0909. The molecule has 3 aliphatic rings. The van der Waals surface area contributed by atoms with Crippen molar-refractivity contribution in [1.29, 1.82) is 0 Å². The Bertz CT molecular complexity index is 1920. The summed E-state index contributed by atoms with van der Waals surface area (Å²) in [4.78, 5) is 3.79. The summed E-state index contributed by atoms with van der Waals surface area (Å²) in [5, 5.41) is 1.14. The van der Waals surface area contributed by atoms with Gasteiger partial charge in [-0.3, -0.25) is 0 Å². The third kappa shape index (κ3) is 7.85. The molecule has 7 rings (SSSR count).